The topological polar surface area (TPSA) is 110 Å². The van der Waals surface area contributed by atoms with Gasteiger partial charge in [0.1, 0.15) is 6.61 Å². The predicted octanol–water partition coefficient (Wildman–Crippen LogP) is 5.47. The monoisotopic (exact) mass is 478 g/mol. The zero-order chi connectivity index (χ0) is 24.3. The highest BCUT2D eigenvalue weighted by Gasteiger charge is 2.38. The highest BCUT2D eigenvalue weighted by atomic mass is 32.2. The van der Waals surface area contributed by atoms with Crippen molar-refractivity contribution in [2.75, 3.05) is 11.3 Å². The van der Waals surface area contributed by atoms with Crippen LogP contribution in [0.3, 0.4) is 0 Å². The lowest BCUT2D eigenvalue weighted by molar-refractivity contribution is 0.0696. The first-order valence-corrected chi connectivity index (χ1v) is 12.1. The molecule has 0 bridgehead atoms. The Balaban J connectivity index is 1.57. The third kappa shape index (κ3) is 6.07. The van der Waals surface area contributed by atoms with Crippen LogP contribution in [-0.2, 0) is 0 Å². The second-order valence-electron chi connectivity index (χ2n) is 9.30. The van der Waals surface area contributed by atoms with Crippen molar-refractivity contribution in [2.24, 2.45) is 11.1 Å². The molecule has 1 saturated carbocycles. The summed E-state index contributed by atoms with van der Waals surface area (Å²) in [5.41, 5.74) is 10.9. The summed E-state index contributed by atoms with van der Waals surface area (Å²) in [5, 5.41) is 9.24. The van der Waals surface area contributed by atoms with Crippen molar-refractivity contribution in [1.29, 1.82) is 0 Å². The standard InChI is InChI=1S/C26H30N4O3S/c1-16-6-4-7-17(2)23(16)21-13-22(33-15-19(27)14-26(3)10-11-26)29-25(28-21)30-34-20-9-5-8-18(12-20)24(31)32/h4-9,12-13,19H,10-11,14-15,27H2,1-3H3,(H,31,32)(H,28,29,30)/t19-/m1/s1. The van der Waals surface area contributed by atoms with Gasteiger partial charge in [-0.1, -0.05) is 31.2 Å². The molecule has 1 fully saturated rings. The van der Waals surface area contributed by atoms with Crippen LogP contribution < -0.4 is 15.2 Å². The number of aromatic nitrogens is 2. The van der Waals surface area contributed by atoms with Crippen LogP contribution in [0.4, 0.5) is 5.95 Å². The van der Waals surface area contributed by atoms with Gasteiger partial charge in [0.2, 0.25) is 11.8 Å². The Morgan fingerprint density at radius 2 is 1.88 bits per heavy atom. The molecule has 7 nitrogen and oxygen atoms in total. The Labute approximate surface area is 204 Å². The van der Waals surface area contributed by atoms with Gasteiger partial charge in [-0.15, -0.1) is 0 Å². The second-order valence-corrected chi connectivity index (χ2v) is 10.2. The van der Waals surface area contributed by atoms with Gasteiger partial charge in [0, 0.05) is 22.6 Å². The molecule has 178 valence electrons. The Morgan fingerprint density at radius 3 is 2.56 bits per heavy atom. The molecular weight excluding hydrogens is 448 g/mol. The molecule has 4 N–H and O–H groups in total. The molecule has 1 aliphatic carbocycles. The second kappa shape index (κ2) is 10.0. The van der Waals surface area contributed by atoms with E-state index in [4.69, 9.17) is 15.5 Å². The van der Waals surface area contributed by atoms with Crippen molar-refractivity contribution in [2.45, 2.75) is 51.0 Å². The molecule has 0 saturated heterocycles. The summed E-state index contributed by atoms with van der Waals surface area (Å²) in [6.45, 7) is 6.74. The van der Waals surface area contributed by atoms with Gasteiger partial charge in [-0.05, 0) is 79.8 Å². The fraction of sp³-hybridized carbons (Fsp3) is 0.346. The van der Waals surface area contributed by atoms with Gasteiger partial charge in [-0.2, -0.15) is 4.98 Å². The Hall–Kier alpha value is -3.10. The Bertz CT molecular complexity index is 1180. The van der Waals surface area contributed by atoms with Gasteiger partial charge in [-0.25, -0.2) is 9.78 Å². The summed E-state index contributed by atoms with van der Waals surface area (Å²) < 4.78 is 9.17. The van der Waals surface area contributed by atoms with Crippen molar-refractivity contribution in [3.8, 4) is 17.1 Å². The molecule has 1 atom stereocenters. The summed E-state index contributed by atoms with van der Waals surface area (Å²) in [4.78, 5) is 21.3. The maximum Gasteiger partial charge on any atom is 0.335 e. The first-order valence-electron chi connectivity index (χ1n) is 11.3. The fourth-order valence-electron chi connectivity index (χ4n) is 3.99. The van der Waals surface area contributed by atoms with E-state index in [1.807, 2.05) is 18.2 Å². The number of nitrogens with two attached hydrogens (primary N) is 1. The minimum Gasteiger partial charge on any atom is -0.478 e. The molecule has 1 heterocycles. The molecule has 4 rings (SSSR count). The van der Waals surface area contributed by atoms with Crippen LogP contribution in [0.25, 0.3) is 11.3 Å². The third-order valence-electron chi connectivity index (χ3n) is 6.08. The molecule has 3 aromatic rings. The smallest absolute Gasteiger partial charge is 0.335 e. The van der Waals surface area contributed by atoms with E-state index in [2.05, 4.69) is 42.6 Å². The molecule has 0 radical (unpaired) electrons. The molecule has 0 spiro atoms. The van der Waals surface area contributed by atoms with Gasteiger partial charge in [0.05, 0.1) is 11.3 Å². The molecule has 1 aliphatic rings. The lowest BCUT2D eigenvalue weighted by atomic mass is 10.00. The van der Waals surface area contributed by atoms with Crippen LogP contribution in [0.1, 0.15) is 47.7 Å². The lowest BCUT2D eigenvalue weighted by Crippen LogP contribution is -2.30. The number of rotatable bonds is 10. The number of aromatic carboxylic acids is 1. The largest absolute Gasteiger partial charge is 0.478 e. The minimum atomic E-state index is -0.970. The van der Waals surface area contributed by atoms with E-state index in [1.54, 1.807) is 18.2 Å². The summed E-state index contributed by atoms with van der Waals surface area (Å²) in [6, 6.07) is 14.6. The number of nitrogens with zero attached hydrogens (tertiary/aromatic N) is 2. The first kappa shape index (κ1) is 24.0. The first-order chi connectivity index (χ1) is 16.2. The normalized spacial score (nSPS) is 14.9. The molecule has 2 aromatic carbocycles. The number of ether oxygens (including phenoxy) is 1. The van der Waals surface area contributed by atoms with Crippen LogP contribution in [0.2, 0.25) is 0 Å². The number of carboxylic acid groups (broad SMARTS) is 1. The van der Waals surface area contributed by atoms with Crippen LogP contribution in [0.15, 0.2) is 53.4 Å². The number of hydrogen-bond donors (Lipinski definition) is 3. The quantitative estimate of drug-likeness (QED) is 0.329. The highest BCUT2D eigenvalue weighted by Crippen LogP contribution is 2.48. The molecule has 0 amide bonds. The van der Waals surface area contributed by atoms with Gasteiger partial charge < -0.3 is 15.6 Å². The minimum absolute atomic E-state index is 0.0596. The van der Waals surface area contributed by atoms with Crippen LogP contribution in [0.5, 0.6) is 5.88 Å². The molecule has 0 aliphatic heterocycles. The van der Waals surface area contributed by atoms with E-state index in [9.17, 15) is 9.90 Å². The lowest BCUT2D eigenvalue weighted by Gasteiger charge is -2.17. The summed E-state index contributed by atoms with van der Waals surface area (Å²) in [6.07, 6.45) is 3.38. The van der Waals surface area contributed by atoms with E-state index in [0.717, 1.165) is 33.7 Å². The molecule has 1 aromatic heterocycles. The van der Waals surface area contributed by atoms with E-state index in [-0.39, 0.29) is 11.6 Å². The van der Waals surface area contributed by atoms with Gasteiger partial charge in [0.25, 0.3) is 0 Å². The number of anilines is 1. The summed E-state index contributed by atoms with van der Waals surface area (Å²) in [5.74, 6) is -0.141. The van der Waals surface area contributed by atoms with E-state index >= 15 is 0 Å². The maximum atomic E-state index is 11.3. The van der Waals surface area contributed by atoms with Crippen molar-refractivity contribution in [3.63, 3.8) is 0 Å². The van der Waals surface area contributed by atoms with Gasteiger partial charge >= 0.3 is 5.97 Å². The van der Waals surface area contributed by atoms with Crippen molar-refractivity contribution < 1.29 is 14.6 Å². The molecule has 8 heteroatoms. The van der Waals surface area contributed by atoms with Crippen LogP contribution in [0, 0.1) is 19.3 Å². The molecular formula is C26H30N4O3S. The SMILES string of the molecule is Cc1cccc(C)c1-c1cc(OC[C@H](N)CC2(C)CC2)nc(NSc2cccc(C(=O)O)c2)n1. The zero-order valence-electron chi connectivity index (χ0n) is 19.7. The number of carboxylic acids is 1. The summed E-state index contributed by atoms with van der Waals surface area (Å²) in [7, 11) is 0. The Kier molecular flexibility index (Phi) is 7.09. The third-order valence-corrected chi connectivity index (χ3v) is 6.86. The van der Waals surface area contributed by atoms with Crippen LogP contribution in [-0.4, -0.2) is 33.7 Å². The van der Waals surface area contributed by atoms with E-state index in [1.165, 1.54) is 24.8 Å². The van der Waals surface area contributed by atoms with Gasteiger partial charge in [0.15, 0.2) is 0 Å². The Morgan fingerprint density at radius 1 is 1.18 bits per heavy atom. The van der Waals surface area contributed by atoms with E-state index in [0.29, 0.717) is 23.9 Å². The number of nitrogens with one attached hydrogen (secondary N) is 1. The van der Waals surface area contributed by atoms with Crippen molar-refractivity contribution >= 4 is 23.9 Å². The number of aryl methyl sites for hydroxylation is 2. The van der Waals surface area contributed by atoms with Crippen LogP contribution >= 0.6 is 11.9 Å². The number of benzene rings is 2. The molecule has 0 unspecified atom stereocenters. The average Bonchev–Trinajstić information content (AvgIpc) is 3.52. The van der Waals surface area contributed by atoms with Crippen molar-refractivity contribution in [3.05, 3.63) is 65.2 Å². The van der Waals surface area contributed by atoms with Crippen molar-refractivity contribution in [1.82, 2.24) is 9.97 Å². The van der Waals surface area contributed by atoms with E-state index < -0.39 is 5.97 Å². The predicted molar refractivity (Wildman–Crippen MR) is 135 cm³/mol. The summed E-state index contributed by atoms with van der Waals surface area (Å²) >= 11 is 1.25. The fourth-order valence-corrected chi connectivity index (χ4v) is 4.62. The number of carbonyl (C=O) groups is 1. The maximum absolute atomic E-state index is 11.3. The number of hydrogen-bond acceptors (Lipinski definition) is 7. The average molecular weight is 479 g/mol. The van der Waals surface area contributed by atoms with Gasteiger partial charge in [-0.3, -0.25) is 4.72 Å². The highest BCUT2D eigenvalue weighted by molar-refractivity contribution is 8.00. The molecule has 34 heavy (non-hydrogen) atoms. The zero-order valence-corrected chi connectivity index (χ0v) is 20.5.